The van der Waals surface area contributed by atoms with E-state index in [0.717, 1.165) is 32.6 Å². The van der Waals surface area contributed by atoms with Crippen LogP contribution in [0.4, 0.5) is 4.79 Å². The molecule has 2 aliphatic rings. The van der Waals surface area contributed by atoms with Gasteiger partial charge >= 0.3 is 6.03 Å². The Bertz CT molecular complexity index is 273. The Hall–Kier alpha value is -0.770. The Labute approximate surface area is 97.8 Å². The lowest BCUT2D eigenvalue weighted by Crippen LogP contribution is -2.55. The van der Waals surface area contributed by atoms with Gasteiger partial charge in [-0.15, -0.1) is 0 Å². The van der Waals surface area contributed by atoms with Crippen molar-refractivity contribution in [2.45, 2.75) is 33.2 Å². The number of urea groups is 1. The molecule has 0 aromatic heterocycles. The second kappa shape index (κ2) is 4.24. The average molecular weight is 225 g/mol. The smallest absolute Gasteiger partial charge is 0.317 e. The average Bonchev–Trinajstić information content (AvgIpc) is 2.61. The van der Waals surface area contributed by atoms with Crippen LogP contribution < -0.4 is 10.6 Å². The number of carbonyl (C=O) groups is 1. The standard InChI is InChI=1S/C12H23N3O/c1-9(2)10(3)14-11(16)15-5-4-12(8-15)6-13-7-12/h9-10,13H,4-8H2,1-3H3,(H,14,16). The number of likely N-dealkylation sites (tertiary alicyclic amines) is 1. The minimum atomic E-state index is 0.116. The Morgan fingerprint density at radius 2 is 2.06 bits per heavy atom. The molecule has 4 nitrogen and oxygen atoms in total. The summed E-state index contributed by atoms with van der Waals surface area (Å²) >= 11 is 0. The van der Waals surface area contributed by atoms with E-state index >= 15 is 0 Å². The van der Waals surface area contributed by atoms with Crippen LogP contribution in [0.15, 0.2) is 0 Å². The predicted molar refractivity (Wildman–Crippen MR) is 64.3 cm³/mol. The number of amides is 2. The van der Waals surface area contributed by atoms with Crippen molar-refractivity contribution in [1.29, 1.82) is 0 Å². The second-order valence-corrected chi connectivity index (χ2v) is 5.76. The lowest BCUT2D eigenvalue weighted by molar-refractivity contribution is 0.163. The molecule has 92 valence electrons. The molecule has 0 aromatic rings. The molecule has 1 spiro atoms. The zero-order chi connectivity index (χ0) is 11.8. The normalized spacial score (nSPS) is 24.6. The number of carbonyl (C=O) groups excluding carboxylic acids is 1. The molecule has 2 saturated heterocycles. The monoisotopic (exact) mass is 225 g/mol. The lowest BCUT2D eigenvalue weighted by Gasteiger charge is -2.39. The maximum absolute atomic E-state index is 12.0. The molecule has 2 rings (SSSR count). The maximum Gasteiger partial charge on any atom is 0.317 e. The fraction of sp³-hybridized carbons (Fsp3) is 0.917. The Kier molecular flexibility index (Phi) is 3.10. The molecule has 0 aliphatic carbocycles. The van der Waals surface area contributed by atoms with Gasteiger partial charge in [-0.05, 0) is 19.3 Å². The van der Waals surface area contributed by atoms with E-state index in [4.69, 9.17) is 0 Å². The van der Waals surface area contributed by atoms with E-state index in [1.807, 2.05) is 4.90 Å². The summed E-state index contributed by atoms with van der Waals surface area (Å²) in [5.41, 5.74) is 0.401. The summed E-state index contributed by atoms with van der Waals surface area (Å²) in [6.07, 6.45) is 1.16. The third-order valence-corrected chi connectivity index (χ3v) is 4.08. The number of nitrogens with zero attached hydrogens (tertiary/aromatic N) is 1. The summed E-state index contributed by atoms with van der Waals surface area (Å²) in [7, 11) is 0. The quantitative estimate of drug-likeness (QED) is 0.737. The molecule has 1 atom stereocenters. The first-order chi connectivity index (χ1) is 7.52. The summed E-state index contributed by atoms with van der Waals surface area (Å²) in [6, 6.07) is 0.369. The zero-order valence-corrected chi connectivity index (χ0v) is 10.5. The van der Waals surface area contributed by atoms with E-state index in [1.165, 1.54) is 0 Å². The largest absolute Gasteiger partial charge is 0.335 e. The van der Waals surface area contributed by atoms with Gasteiger partial charge in [-0.2, -0.15) is 0 Å². The van der Waals surface area contributed by atoms with E-state index in [9.17, 15) is 4.79 Å². The topological polar surface area (TPSA) is 44.4 Å². The van der Waals surface area contributed by atoms with Crippen LogP contribution >= 0.6 is 0 Å². The highest BCUT2D eigenvalue weighted by Gasteiger charge is 2.44. The van der Waals surface area contributed by atoms with Crippen LogP contribution in [0.3, 0.4) is 0 Å². The summed E-state index contributed by atoms with van der Waals surface area (Å²) in [4.78, 5) is 14.0. The summed E-state index contributed by atoms with van der Waals surface area (Å²) in [6.45, 7) is 10.3. The number of hydrogen-bond donors (Lipinski definition) is 2. The fourth-order valence-corrected chi connectivity index (χ4v) is 2.33. The van der Waals surface area contributed by atoms with Crippen molar-refractivity contribution in [1.82, 2.24) is 15.5 Å². The van der Waals surface area contributed by atoms with Crippen molar-refractivity contribution in [3.8, 4) is 0 Å². The van der Waals surface area contributed by atoms with Gasteiger partial charge in [0.1, 0.15) is 0 Å². The Morgan fingerprint density at radius 3 is 2.50 bits per heavy atom. The van der Waals surface area contributed by atoms with Crippen LogP contribution in [-0.2, 0) is 0 Å². The molecule has 4 heteroatoms. The Morgan fingerprint density at radius 1 is 1.38 bits per heavy atom. The summed E-state index contributed by atoms with van der Waals surface area (Å²) in [5, 5.41) is 6.38. The molecular weight excluding hydrogens is 202 g/mol. The number of rotatable bonds is 2. The van der Waals surface area contributed by atoms with Crippen molar-refractivity contribution in [3.05, 3.63) is 0 Å². The third kappa shape index (κ3) is 2.17. The fourth-order valence-electron chi connectivity index (χ4n) is 2.33. The van der Waals surface area contributed by atoms with Gasteiger partial charge in [-0.1, -0.05) is 13.8 Å². The van der Waals surface area contributed by atoms with Gasteiger partial charge < -0.3 is 15.5 Å². The molecule has 2 fully saturated rings. The van der Waals surface area contributed by atoms with Crippen LogP contribution in [0.25, 0.3) is 0 Å². The van der Waals surface area contributed by atoms with E-state index in [1.54, 1.807) is 0 Å². The van der Waals surface area contributed by atoms with E-state index in [-0.39, 0.29) is 12.1 Å². The van der Waals surface area contributed by atoms with Crippen molar-refractivity contribution in [3.63, 3.8) is 0 Å². The van der Waals surface area contributed by atoms with Gasteiger partial charge in [0.2, 0.25) is 0 Å². The first-order valence-corrected chi connectivity index (χ1v) is 6.29. The molecule has 2 aliphatic heterocycles. The minimum Gasteiger partial charge on any atom is -0.335 e. The third-order valence-electron chi connectivity index (χ3n) is 4.08. The van der Waals surface area contributed by atoms with E-state index < -0.39 is 0 Å². The molecule has 2 N–H and O–H groups in total. The van der Waals surface area contributed by atoms with Crippen LogP contribution in [0, 0.1) is 11.3 Å². The zero-order valence-electron chi connectivity index (χ0n) is 10.5. The second-order valence-electron chi connectivity index (χ2n) is 5.76. The molecule has 16 heavy (non-hydrogen) atoms. The SMILES string of the molecule is CC(C)C(C)NC(=O)N1CCC2(CNC2)C1. The predicted octanol–water partition coefficient (Wildman–Crippen LogP) is 1.04. The molecule has 1 unspecified atom stereocenters. The van der Waals surface area contributed by atoms with Gasteiger partial charge in [0.05, 0.1) is 0 Å². The van der Waals surface area contributed by atoms with Crippen molar-refractivity contribution < 1.29 is 4.79 Å². The van der Waals surface area contributed by atoms with E-state index in [0.29, 0.717) is 11.3 Å². The van der Waals surface area contributed by atoms with Crippen LogP contribution in [0.5, 0.6) is 0 Å². The highest BCUT2D eigenvalue weighted by Crippen LogP contribution is 2.33. The summed E-state index contributed by atoms with van der Waals surface area (Å²) < 4.78 is 0. The van der Waals surface area contributed by atoms with Crippen molar-refractivity contribution >= 4 is 6.03 Å². The van der Waals surface area contributed by atoms with Crippen molar-refractivity contribution in [2.75, 3.05) is 26.2 Å². The Balaban J connectivity index is 1.82. The van der Waals surface area contributed by atoms with Crippen LogP contribution in [-0.4, -0.2) is 43.2 Å². The lowest BCUT2D eigenvalue weighted by atomic mass is 9.81. The molecule has 2 amide bonds. The van der Waals surface area contributed by atoms with Gasteiger partial charge in [-0.3, -0.25) is 0 Å². The minimum absolute atomic E-state index is 0.116. The van der Waals surface area contributed by atoms with Gasteiger partial charge in [0, 0.05) is 37.6 Å². The molecule has 0 bridgehead atoms. The summed E-state index contributed by atoms with van der Waals surface area (Å²) in [5.74, 6) is 0.492. The highest BCUT2D eigenvalue weighted by molar-refractivity contribution is 5.75. The van der Waals surface area contributed by atoms with Gasteiger partial charge in [-0.25, -0.2) is 4.79 Å². The number of nitrogens with one attached hydrogen (secondary N) is 2. The molecular formula is C12H23N3O. The first-order valence-electron chi connectivity index (χ1n) is 6.29. The van der Waals surface area contributed by atoms with Gasteiger partial charge in [0.25, 0.3) is 0 Å². The first kappa shape index (κ1) is 11.7. The number of hydrogen-bond acceptors (Lipinski definition) is 2. The van der Waals surface area contributed by atoms with Crippen molar-refractivity contribution in [2.24, 2.45) is 11.3 Å². The van der Waals surface area contributed by atoms with Gasteiger partial charge in [0.15, 0.2) is 0 Å². The van der Waals surface area contributed by atoms with Crippen LogP contribution in [0.1, 0.15) is 27.2 Å². The maximum atomic E-state index is 12.0. The van der Waals surface area contributed by atoms with E-state index in [2.05, 4.69) is 31.4 Å². The molecule has 0 saturated carbocycles. The molecule has 2 heterocycles. The molecule has 0 aromatic carbocycles. The highest BCUT2D eigenvalue weighted by atomic mass is 16.2. The van der Waals surface area contributed by atoms with Crippen LogP contribution in [0.2, 0.25) is 0 Å². The molecule has 0 radical (unpaired) electrons.